The smallest absolute Gasteiger partial charge is 0.199 e. The van der Waals surface area contributed by atoms with Crippen LogP contribution in [-0.4, -0.2) is 20.0 Å². The molecule has 0 radical (unpaired) electrons. The van der Waals surface area contributed by atoms with Gasteiger partial charge in [0.05, 0.1) is 24.3 Å². The number of hydrogen-bond acceptors (Lipinski definition) is 5. The summed E-state index contributed by atoms with van der Waals surface area (Å²) in [5, 5.41) is 1.25. The van der Waals surface area contributed by atoms with Crippen LogP contribution in [0.25, 0.3) is 20.2 Å². The minimum absolute atomic E-state index is 0.0298. The highest BCUT2D eigenvalue weighted by Crippen LogP contribution is 2.46. The average molecular weight is 368 g/mol. The van der Waals surface area contributed by atoms with Gasteiger partial charge in [-0.25, -0.2) is 0 Å². The Bertz CT molecular complexity index is 1100. The summed E-state index contributed by atoms with van der Waals surface area (Å²) >= 11 is 1.55. The molecule has 0 fully saturated rings. The van der Waals surface area contributed by atoms with Crippen LogP contribution in [0.15, 0.2) is 29.1 Å². The van der Waals surface area contributed by atoms with Gasteiger partial charge in [-0.05, 0) is 38.3 Å². The molecule has 1 unspecified atom stereocenters. The summed E-state index contributed by atoms with van der Waals surface area (Å²) < 4.78 is 13.2. The Morgan fingerprint density at radius 1 is 1.12 bits per heavy atom. The Balaban J connectivity index is 2.16. The molecule has 4 rings (SSSR count). The van der Waals surface area contributed by atoms with Gasteiger partial charge in [0, 0.05) is 27.1 Å². The predicted molar refractivity (Wildman–Crippen MR) is 105 cm³/mol. The summed E-state index contributed by atoms with van der Waals surface area (Å²) in [5.74, 6) is 1.51. The monoisotopic (exact) mass is 368 g/mol. The van der Waals surface area contributed by atoms with E-state index in [1.807, 2.05) is 24.3 Å². The van der Waals surface area contributed by atoms with Gasteiger partial charge < -0.3 is 9.47 Å². The molecule has 0 saturated carbocycles. The van der Waals surface area contributed by atoms with Crippen LogP contribution in [0, 0.1) is 5.92 Å². The van der Waals surface area contributed by atoms with Crippen molar-refractivity contribution in [1.82, 2.24) is 0 Å². The molecule has 4 nitrogen and oxygen atoms in total. The molecule has 134 valence electrons. The molecule has 0 amide bonds. The Labute approximate surface area is 155 Å². The van der Waals surface area contributed by atoms with Crippen LogP contribution >= 0.6 is 11.3 Å². The Hall–Kier alpha value is -2.40. The van der Waals surface area contributed by atoms with E-state index in [0.29, 0.717) is 22.9 Å². The minimum atomic E-state index is -0.0442. The van der Waals surface area contributed by atoms with Gasteiger partial charge in [-0.15, -0.1) is 11.3 Å². The Kier molecular flexibility index (Phi) is 4.19. The van der Waals surface area contributed by atoms with Crippen molar-refractivity contribution in [2.24, 2.45) is 5.92 Å². The number of methoxy groups -OCH3 is 2. The molecule has 1 aliphatic carbocycles. The zero-order chi connectivity index (χ0) is 18.4. The third-order valence-electron chi connectivity index (χ3n) is 5.32. The van der Waals surface area contributed by atoms with Crippen molar-refractivity contribution < 1.29 is 14.3 Å². The Morgan fingerprint density at radius 2 is 1.85 bits per heavy atom. The number of ether oxygens (including phenoxy) is 2. The Morgan fingerprint density at radius 3 is 2.54 bits per heavy atom. The summed E-state index contributed by atoms with van der Waals surface area (Å²) in [6.07, 6.45) is 2.15. The van der Waals surface area contributed by atoms with Gasteiger partial charge in [0.2, 0.25) is 0 Å². The van der Waals surface area contributed by atoms with Crippen LogP contribution in [0.1, 0.15) is 24.5 Å². The SMILES string of the molecule is COc1c2c(c(OC)c3c(=O)c4ccccc4sc13)CC(C(C)=O)CC2. The van der Waals surface area contributed by atoms with E-state index in [-0.39, 0.29) is 17.1 Å². The van der Waals surface area contributed by atoms with E-state index < -0.39 is 0 Å². The van der Waals surface area contributed by atoms with E-state index >= 15 is 0 Å². The zero-order valence-corrected chi connectivity index (χ0v) is 15.9. The molecular formula is C21H20O4S. The lowest BCUT2D eigenvalue weighted by molar-refractivity contribution is -0.121. The van der Waals surface area contributed by atoms with Crippen LogP contribution in [0.2, 0.25) is 0 Å². The predicted octanol–water partition coefficient (Wildman–Crippen LogP) is 4.13. The van der Waals surface area contributed by atoms with Gasteiger partial charge in [-0.2, -0.15) is 0 Å². The van der Waals surface area contributed by atoms with Gasteiger partial charge in [0.15, 0.2) is 5.43 Å². The molecule has 2 aromatic carbocycles. The highest BCUT2D eigenvalue weighted by molar-refractivity contribution is 7.25. The van der Waals surface area contributed by atoms with Crippen molar-refractivity contribution in [3.05, 3.63) is 45.6 Å². The second-order valence-electron chi connectivity index (χ2n) is 6.71. The van der Waals surface area contributed by atoms with E-state index in [1.165, 1.54) is 0 Å². The van der Waals surface area contributed by atoms with Crippen LogP contribution in [0.3, 0.4) is 0 Å². The first-order valence-electron chi connectivity index (χ1n) is 8.68. The van der Waals surface area contributed by atoms with Crippen molar-refractivity contribution in [2.75, 3.05) is 14.2 Å². The summed E-state index contributed by atoms with van der Waals surface area (Å²) in [7, 11) is 3.24. The van der Waals surface area contributed by atoms with Gasteiger partial charge in [-0.3, -0.25) is 9.59 Å². The molecule has 26 heavy (non-hydrogen) atoms. The van der Waals surface area contributed by atoms with Crippen molar-refractivity contribution >= 4 is 37.3 Å². The molecule has 0 saturated heterocycles. The molecular weight excluding hydrogens is 348 g/mol. The molecule has 0 N–H and O–H groups in total. The van der Waals surface area contributed by atoms with Crippen molar-refractivity contribution in [1.29, 1.82) is 0 Å². The van der Waals surface area contributed by atoms with Gasteiger partial charge in [0.1, 0.15) is 17.3 Å². The van der Waals surface area contributed by atoms with Crippen LogP contribution in [0.4, 0.5) is 0 Å². The standard InChI is InChI=1S/C21H20O4S/c1-11(22)12-8-9-13-15(10-12)19(24-2)17-18(23)14-6-4-5-7-16(14)26-21(17)20(13)25-3/h4-7,12H,8-10H2,1-3H3. The molecule has 1 aliphatic rings. The fraction of sp³-hybridized carbons (Fsp3) is 0.333. The van der Waals surface area contributed by atoms with Crippen LogP contribution < -0.4 is 14.9 Å². The third kappa shape index (κ3) is 2.42. The highest BCUT2D eigenvalue weighted by atomic mass is 32.1. The van der Waals surface area contributed by atoms with Gasteiger partial charge >= 0.3 is 0 Å². The zero-order valence-electron chi connectivity index (χ0n) is 15.0. The molecule has 1 atom stereocenters. The minimum Gasteiger partial charge on any atom is -0.496 e. The normalized spacial score (nSPS) is 16.5. The number of ketones is 1. The lowest BCUT2D eigenvalue weighted by Crippen LogP contribution is -2.22. The van der Waals surface area contributed by atoms with Gasteiger partial charge in [0.25, 0.3) is 0 Å². The van der Waals surface area contributed by atoms with E-state index in [9.17, 15) is 9.59 Å². The molecule has 1 heterocycles. The average Bonchev–Trinajstić information content (AvgIpc) is 2.66. The fourth-order valence-electron chi connectivity index (χ4n) is 4.01. The lowest BCUT2D eigenvalue weighted by atomic mass is 9.80. The summed E-state index contributed by atoms with van der Waals surface area (Å²) in [5.41, 5.74) is 1.97. The molecule has 0 bridgehead atoms. The summed E-state index contributed by atoms with van der Waals surface area (Å²) in [6, 6.07) is 7.61. The van der Waals surface area contributed by atoms with E-state index in [2.05, 4.69) is 0 Å². The first kappa shape index (κ1) is 17.0. The number of benzene rings is 2. The molecule has 0 aliphatic heterocycles. The molecule has 0 spiro atoms. The van der Waals surface area contributed by atoms with E-state index in [4.69, 9.17) is 9.47 Å². The van der Waals surface area contributed by atoms with Crippen molar-refractivity contribution in [3.8, 4) is 11.5 Å². The summed E-state index contributed by atoms with van der Waals surface area (Å²) in [4.78, 5) is 25.2. The number of carbonyl (C=O) groups excluding carboxylic acids is 1. The highest BCUT2D eigenvalue weighted by Gasteiger charge is 2.31. The van der Waals surface area contributed by atoms with Crippen LogP contribution in [0.5, 0.6) is 11.5 Å². The number of fused-ring (bicyclic) bond motifs is 3. The number of rotatable bonds is 3. The maximum Gasteiger partial charge on any atom is 0.199 e. The maximum atomic E-state index is 13.2. The molecule has 1 aromatic heterocycles. The second kappa shape index (κ2) is 6.40. The largest absolute Gasteiger partial charge is 0.496 e. The number of carbonyl (C=O) groups is 1. The number of hydrogen-bond donors (Lipinski definition) is 0. The summed E-state index contributed by atoms with van der Waals surface area (Å²) in [6.45, 7) is 1.63. The first-order valence-corrected chi connectivity index (χ1v) is 9.50. The van der Waals surface area contributed by atoms with Gasteiger partial charge in [-0.1, -0.05) is 12.1 Å². The van der Waals surface area contributed by atoms with E-state index in [1.54, 1.807) is 32.5 Å². The fourth-order valence-corrected chi connectivity index (χ4v) is 5.23. The quantitative estimate of drug-likeness (QED) is 0.653. The third-order valence-corrected chi connectivity index (χ3v) is 6.49. The number of Topliss-reactive ketones (excluding diaryl/α,β-unsaturated/α-hetero) is 1. The molecule has 3 aromatic rings. The molecule has 5 heteroatoms. The second-order valence-corrected chi connectivity index (χ2v) is 7.76. The van der Waals surface area contributed by atoms with Crippen molar-refractivity contribution in [2.45, 2.75) is 26.2 Å². The van der Waals surface area contributed by atoms with Crippen molar-refractivity contribution in [3.63, 3.8) is 0 Å². The van der Waals surface area contributed by atoms with E-state index in [0.717, 1.165) is 39.1 Å². The maximum absolute atomic E-state index is 13.2. The first-order chi connectivity index (χ1) is 12.6. The van der Waals surface area contributed by atoms with Crippen LogP contribution in [-0.2, 0) is 17.6 Å². The lowest BCUT2D eigenvalue weighted by Gasteiger charge is -2.27. The topological polar surface area (TPSA) is 52.6 Å².